The first-order valence-electron chi connectivity index (χ1n) is 10.5. The number of nitrogens with one attached hydrogen (secondary N) is 1. The normalized spacial score (nSPS) is 14.5. The maximum atomic E-state index is 5.66. The molecule has 0 unspecified atom stereocenters. The molecule has 0 aliphatic carbocycles. The minimum atomic E-state index is 0.401. The van der Waals surface area contributed by atoms with Crippen LogP contribution in [-0.2, 0) is 22.7 Å². The summed E-state index contributed by atoms with van der Waals surface area (Å²) < 4.78 is 23.6. The third-order valence-corrected chi connectivity index (χ3v) is 5.87. The highest BCUT2D eigenvalue weighted by Gasteiger charge is 2.25. The van der Waals surface area contributed by atoms with Crippen LogP contribution in [-0.4, -0.2) is 67.2 Å². The molecule has 1 aliphatic rings. The van der Waals surface area contributed by atoms with Gasteiger partial charge in [-0.2, -0.15) is 0 Å². The molecule has 0 amide bonds. The summed E-state index contributed by atoms with van der Waals surface area (Å²) in [5, 5.41) is 4.12. The number of likely N-dealkylation sites (tertiary alicyclic amines) is 1. The van der Waals surface area contributed by atoms with Gasteiger partial charge in [-0.25, -0.2) is 4.98 Å². The maximum absolute atomic E-state index is 5.66. The lowest BCUT2D eigenvalue weighted by Crippen LogP contribution is -2.44. The second-order valence-electron chi connectivity index (χ2n) is 7.36. The molecule has 8 nitrogen and oxygen atoms in total. The standard InChI is InChI=1S/C22H32N4O4S/c1-27-13-14-30-16-26-12-9-23-21(26)17-7-10-25(11-8-17)22(31)24-15-18-5-4-6-19(28-2)20(18)29-3/h4-6,9,12,17H,7-8,10-11,13-16H2,1-3H3,(H,24,31). The average molecular weight is 449 g/mol. The quantitative estimate of drug-likeness (QED) is 0.440. The molecule has 3 rings (SSSR count). The van der Waals surface area contributed by atoms with Crippen molar-refractivity contribution >= 4 is 17.3 Å². The lowest BCUT2D eigenvalue weighted by atomic mass is 9.96. The van der Waals surface area contributed by atoms with Crippen molar-refractivity contribution < 1.29 is 18.9 Å². The third kappa shape index (κ3) is 6.09. The molecule has 0 saturated carbocycles. The summed E-state index contributed by atoms with van der Waals surface area (Å²) in [6.45, 7) is 4.04. The largest absolute Gasteiger partial charge is 0.493 e. The van der Waals surface area contributed by atoms with E-state index in [1.807, 2.05) is 30.6 Å². The summed E-state index contributed by atoms with van der Waals surface area (Å²) in [6.07, 6.45) is 5.82. The number of aromatic nitrogens is 2. The first-order chi connectivity index (χ1) is 15.2. The predicted octanol–water partition coefficient (Wildman–Crippen LogP) is 2.77. The van der Waals surface area contributed by atoms with E-state index in [9.17, 15) is 0 Å². The number of piperidine rings is 1. The number of nitrogens with zero attached hydrogens (tertiary/aromatic N) is 3. The Morgan fingerprint density at radius 1 is 1.16 bits per heavy atom. The van der Waals surface area contributed by atoms with Crippen LogP contribution in [0.15, 0.2) is 30.6 Å². The molecule has 1 aliphatic heterocycles. The second-order valence-corrected chi connectivity index (χ2v) is 7.74. The van der Waals surface area contributed by atoms with Crippen molar-refractivity contribution in [2.45, 2.75) is 32.0 Å². The molecule has 31 heavy (non-hydrogen) atoms. The molecular weight excluding hydrogens is 416 g/mol. The molecule has 0 atom stereocenters. The van der Waals surface area contributed by atoms with Crippen LogP contribution >= 0.6 is 12.2 Å². The van der Waals surface area contributed by atoms with Gasteiger partial charge in [0.2, 0.25) is 0 Å². The Labute approximate surface area is 189 Å². The number of para-hydroxylation sites is 1. The van der Waals surface area contributed by atoms with E-state index in [-0.39, 0.29) is 0 Å². The summed E-state index contributed by atoms with van der Waals surface area (Å²) in [4.78, 5) is 6.80. The monoisotopic (exact) mass is 448 g/mol. The molecule has 2 heterocycles. The molecule has 170 valence electrons. The van der Waals surface area contributed by atoms with Crippen molar-refractivity contribution in [2.75, 3.05) is 47.6 Å². The molecule has 2 aromatic rings. The molecule has 9 heteroatoms. The number of ether oxygens (including phenoxy) is 4. The Bertz CT molecular complexity index is 837. The third-order valence-electron chi connectivity index (χ3n) is 5.47. The summed E-state index contributed by atoms with van der Waals surface area (Å²) in [5.41, 5.74) is 1.01. The summed E-state index contributed by atoms with van der Waals surface area (Å²) in [7, 11) is 4.96. The van der Waals surface area contributed by atoms with Crippen LogP contribution in [0.4, 0.5) is 0 Å². The molecule has 0 radical (unpaired) electrons. The van der Waals surface area contributed by atoms with Crippen molar-refractivity contribution in [1.82, 2.24) is 19.8 Å². The molecular formula is C22H32N4O4S. The molecule has 1 fully saturated rings. The van der Waals surface area contributed by atoms with Crippen molar-refractivity contribution in [1.29, 1.82) is 0 Å². The summed E-state index contributed by atoms with van der Waals surface area (Å²) in [5.74, 6) is 2.93. The Morgan fingerprint density at radius 3 is 2.68 bits per heavy atom. The number of benzene rings is 1. The van der Waals surface area contributed by atoms with Gasteiger partial charge in [0.15, 0.2) is 16.6 Å². The topological polar surface area (TPSA) is 70.0 Å². The van der Waals surface area contributed by atoms with Crippen LogP contribution in [0.25, 0.3) is 0 Å². The van der Waals surface area contributed by atoms with E-state index in [1.165, 1.54) is 0 Å². The highest BCUT2D eigenvalue weighted by atomic mass is 32.1. The van der Waals surface area contributed by atoms with Crippen LogP contribution in [0.2, 0.25) is 0 Å². The van der Waals surface area contributed by atoms with E-state index in [1.54, 1.807) is 21.3 Å². The number of thiocarbonyl (C=S) groups is 1. The molecule has 1 saturated heterocycles. The van der Waals surface area contributed by atoms with E-state index >= 15 is 0 Å². The lowest BCUT2D eigenvalue weighted by Gasteiger charge is -2.33. The molecule has 1 aromatic heterocycles. The van der Waals surface area contributed by atoms with E-state index < -0.39 is 0 Å². The maximum Gasteiger partial charge on any atom is 0.169 e. The van der Waals surface area contributed by atoms with Crippen LogP contribution < -0.4 is 14.8 Å². The van der Waals surface area contributed by atoms with E-state index in [0.29, 0.717) is 32.4 Å². The van der Waals surface area contributed by atoms with Crippen LogP contribution in [0.3, 0.4) is 0 Å². The first kappa shape index (κ1) is 23.3. The van der Waals surface area contributed by atoms with Gasteiger partial charge in [0, 0.05) is 50.6 Å². The lowest BCUT2D eigenvalue weighted by molar-refractivity contribution is 0.0321. The van der Waals surface area contributed by atoms with Gasteiger partial charge in [-0.3, -0.25) is 0 Å². The Balaban J connectivity index is 1.49. The summed E-state index contributed by atoms with van der Waals surface area (Å²) >= 11 is 5.65. The SMILES string of the molecule is COCCOCn1ccnc1C1CCN(C(=S)NCc2cccc(OC)c2OC)CC1. The van der Waals surface area contributed by atoms with Gasteiger partial charge in [0.05, 0.1) is 27.4 Å². The van der Waals surface area contributed by atoms with Crippen LogP contribution in [0.1, 0.15) is 30.1 Å². The Morgan fingerprint density at radius 2 is 1.97 bits per heavy atom. The molecule has 0 spiro atoms. The van der Waals surface area contributed by atoms with E-state index in [2.05, 4.69) is 19.8 Å². The minimum Gasteiger partial charge on any atom is -0.493 e. The zero-order valence-corrected chi connectivity index (χ0v) is 19.3. The number of imidazole rings is 1. The first-order valence-corrected chi connectivity index (χ1v) is 10.9. The van der Waals surface area contributed by atoms with Gasteiger partial charge in [-0.1, -0.05) is 12.1 Å². The molecule has 1 aromatic carbocycles. The average Bonchev–Trinajstić information content (AvgIpc) is 3.28. The van der Waals surface area contributed by atoms with Crippen molar-refractivity contribution in [3.05, 3.63) is 42.0 Å². The minimum absolute atomic E-state index is 0.401. The number of rotatable bonds is 10. The van der Waals surface area contributed by atoms with E-state index in [4.69, 9.17) is 31.2 Å². The van der Waals surface area contributed by atoms with Crippen molar-refractivity contribution in [3.63, 3.8) is 0 Å². The number of hydrogen-bond acceptors (Lipinski definition) is 6. The highest BCUT2D eigenvalue weighted by molar-refractivity contribution is 7.80. The van der Waals surface area contributed by atoms with Crippen molar-refractivity contribution in [3.8, 4) is 11.5 Å². The second kappa shape index (κ2) is 11.9. The van der Waals surface area contributed by atoms with Crippen LogP contribution in [0.5, 0.6) is 11.5 Å². The van der Waals surface area contributed by atoms with Gasteiger partial charge >= 0.3 is 0 Å². The number of methoxy groups -OCH3 is 3. The van der Waals surface area contributed by atoms with Crippen LogP contribution in [0, 0.1) is 0 Å². The molecule has 0 bridgehead atoms. The molecule has 1 N–H and O–H groups in total. The summed E-state index contributed by atoms with van der Waals surface area (Å²) in [6, 6.07) is 5.85. The zero-order chi connectivity index (χ0) is 22.1. The van der Waals surface area contributed by atoms with Gasteiger partial charge in [-0.15, -0.1) is 0 Å². The highest BCUT2D eigenvalue weighted by Crippen LogP contribution is 2.31. The van der Waals surface area contributed by atoms with E-state index in [0.717, 1.165) is 53.9 Å². The Hall–Kier alpha value is -2.36. The smallest absolute Gasteiger partial charge is 0.169 e. The zero-order valence-electron chi connectivity index (χ0n) is 18.5. The van der Waals surface area contributed by atoms with Gasteiger partial charge in [-0.05, 0) is 31.1 Å². The van der Waals surface area contributed by atoms with Gasteiger partial charge in [0.25, 0.3) is 0 Å². The fourth-order valence-electron chi connectivity index (χ4n) is 3.81. The van der Waals surface area contributed by atoms with Gasteiger partial charge in [0.1, 0.15) is 12.6 Å². The fraction of sp³-hybridized carbons (Fsp3) is 0.545. The number of hydrogen-bond donors (Lipinski definition) is 1. The Kier molecular flexibility index (Phi) is 8.93. The van der Waals surface area contributed by atoms with Gasteiger partial charge < -0.3 is 33.7 Å². The predicted molar refractivity (Wildman–Crippen MR) is 123 cm³/mol. The fourth-order valence-corrected chi connectivity index (χ4v) is 4.07. The van der Waals surface area contributed by atoms with Crippen molar-refractivity contribution in [2.24, 2.45) is 0 Å².